The Morgan fingerprint density at radius 3 is 2.09 bits per heavy atom. The number of halogens is 3. The molecule has 0 unspecified atom stereocenters. The van der Waals surface area contributed by atoms with E-state index in [2.05, 4.69) is 15.3 Å². The number of benzene rings is 2. The van der Waals surface area contributed by atoms with Gasteiger partial charge in [0.05, 0.1) is 11.3 Å². The van der Waals surface area contributed by atoms with Gasteiger partial charge in [0, 0.05) is 51.0 Å². The minimum Gasteiger partial charge on any atom is -0.368 e. The monoisotopic (exact) mass is 485 g/mol. The number of hydrogen-bond donors (Lipinski definition) is 1. The minimum absolute atomic E-state index is 0.0279. The lowest BCUT2D eigenvalue weighted by Gasteiger charge is -2.36. The van der Waals surface area contributed by atoms with Crippen LogP contribution in [-0.4, -0.2) is 59.2 Å². The average Bonchev–Trinajstić information content (AvgIpc) is 3.34. The van der Waals surface area contributed by atoms with Gasteiger partial charge in [0.25, 0.3) is 5.91 Å². The second-order valence-corrected chi connectivity index (χ2v) is 8.23. The Morgan fingerprint density at radius 2 is 1.49 bits per heavy atom. The van der Waals surface area contributed by atoms with Crippen LogP contribution >= 0.6 is 0 Å². The van der Waals surface area contributed by atoms with Crippen LogP contribution in [0.15, 0.2) is 66.9 Å². The van der Waals surface area contributed by atoms with Gasteiger partial charge in [0.1, 0.15) is 0 Å². The third-order valence-electron chi connectivity index (χ3n) is 5.85. The number of anilines is 1. The Morgan fingerprint density at radius 1 is 0.886 bits per heavy atom. The van der Waals surface area contributed by atoms with Crippen molar-refractivity contribution in [3.63, 3.8) is 0 Å². The number of hydrogen-bond acceptors (Lipinski definition) is 4. The van der Waals surface area contributed by atoms with E-state index in [1.54, 1.807) is 35.2 Å². The Hall–Kier alpha value is -3.82. The van der Waals surface area contributed by atoms with Crippen molar-refractivity contribution in [3.8, 4) is 5.69 Å². The number of para-hydroxylation sites is 2. The third kappa shape index (κ3) is 6.00. The van der Waals surface area contributed by atoms with Crippen molar-refractivity contribution < 1.29 is 22.8 Å². The van der Waals surface area contributed by atoms with Gasteiger partial charge in [-0.05, 0) is 30.7 Å². The summed E-state index contributed by atoms with van der Waals surface area (Å²) in [5, 5.41) is 6.08. The molecule has 0 spiro atoms. The zero-order chi connectivity index (χ0) is 24.8. The zero-order valence-corrected chi connectivity index (χ0v) is 19.0. The summed E-state index contributed by atoms with van der Waals surface area (Å²) >= 11 is 0. The van der Waals surface area contributed by atoms with Crippen molar-refractivity contribution in [1.82, 2.24) is 20.0 Å². The molecular formula is C25H26F3N5O2. The van der Waals surface area contributed by atoms with E-state index in [-0.39, 0.29) is 18.9 Å². The van der Waals surface area contributed by atoms with Crippen LogP contribution < -0.4 is 10.2 Å². The van der Waals surface area contributed by atoms with Crippen LogP contribution in [0.4, 0.5) is 18.9 Å². The predicted molar refractivity (Wildman–Crippen MR) is 125 cm³/mol. The molecule has 184 valence electrons. The first-order valence-electron chi connectivity index (χ1n) is 11.4. The van der Waals surface area contributed by atoms with E-state index in [1.807, 2.05) is 30.3 Å². The maximum Gasteiger partial charge on any atom is 0.435 e. The van der Waals surface area contributed by atoms with Crippen LogP contribution in [0, 0.1) is 0 Å². The number of piperazine rings is 1. The maximum atomic E-state index is 13.5. The quantitative estimate of drug-likeness (QED) is 0.518. The second-order valence-electron chi connectivity index (χ2n) is 8.23. The molecule has 2 aromatic carbocycles. The summed E-state index contributed by atoms with van der Waals surface area (Å²) in [5.41, 5.74) is -0.262. The molecular weight excluding hydrogens is 459 g/mol. The first-order valence-corrected chi connectivity index (χ1v) is 11.4. The first-order chi connectivity index (χ1) is 16.8. The van der Waals surface area contributed by atoms with Crippen molar-refractivity contribution in [2.75, 3.05) is 37.6 Å². The van der Waals surface area contributed by atoms with Crippen LogP contribution in [0.1, 0.15) is 28.9 Å². The molecule has 1 saturated heterocycles. The molecule has 1 fully saturated rings. The Labute approximate surface area is 201 Å². The van der Waals surface area contributed by atoms with Crippen molar-refractivity contribution in [2.45, 2.75) is 19.0 Å². The second kappa shape index (κ2) is 10.6. The van der Waals surface area contributed by atoms with Gasteiger partial charge < -0.3 is 15.1 Å². The van der Waals surface area contributed by atoms with Crippen LogP contribution in [0.3, 0.4) is 0 Å². The van der Waals surface area contributed by atoms with Gasteiger partial charge in [0.2, 0.25) is 5.91 Å². The zero-order valence-electron chi connectivity index (χ0n) is 19.0. The smallest absolute Gasteiger partial charge is 0.368 e. The summed E-state index contributed by atoms with van der Waals surface area (Å²) in [6, 6.07) is 18.3. The van der Waals surface area contributed by atoms with Crippen LogP contribution in [-0.2, 0) is 11.0 Å². The number of carbonyl (C=O) groups is 2. The minimum atomic E-state index is -4.77. The molecule has 2 amide bonds. The van der Waals surface area contributed by atoms with E-state index in [4.69, 9.17) is 0 Å². The molecule has 1 aliphatic rings. The molecule has 1 aromatic heterocycles. The van der Waals surface area contributed by atoms with Gasteiger partial charge >= 0.3 is 6.18 Å². The highest BCUT2D eigenvalue weighted by Gasteiger charge is 2.39. The van der Waals surface area contributed by atoms with E-state index >= 15 is 0 Å². The summed E-state index contributed by atoms with van der Waals surface area (Å²) in [6.45, 7) is 2.76. The fraction of sp³-hybridized carbons (Fsp3) is 0.320. The normalized spacial score (nSPS) is 14.1. The Bertz CT molecular complexity index is 1140. The molecule has 0 radical (unpaired) electrons. The number of nitrogens with zero attached hydrogens (tertiary/aromatic N) is 4. The van der Waals surface area contributed by atoms with Crippen molar-refractivity contribution in [2.24, 2.45) is 0 Å². The van der Waals surface area contributed by atoms with Gasteiger partial charge in [-0.25, -0.2) is 4.68 Å². The molecule has 1 aliphatic heterocycles. The fourth-order valence-corrected chi connectivity index (χ4v) is 4.01. The highest BCUT2D eigenvalue weighted by Crippen LogP contribution is 2.31. The number of aromatic nitrogens is 2. The summed E-state index contributed by atoms with van der Waals surface area (Å²) in [6.07, 6.45) is -3.16. The SMILES string of the molecule is O=C(NCCCC(=O)N1CCN(c2ccccc2)CC1)c1cn(-c2ccccc2)nc1C(F)(F)F. The molecule has 7 nitrogen and oxygen atoms in total. The average molecular weight is 486 g/mol. The van der Waals surface area contributed by atoms with Gasteiger partial charge in [-0.3, -0.25) is 9.59 Å². The summed E-state index contributed by atoms with van der Waals surface area (Å²) in [4.78, 5) is 29.0. The summed E-state index contributed by atoms with van der Waals surface area (Å²) in [5.74, 6) is -0.900. The van der Waals surface area contributed by atoms with Crippen LogP contribution in [0.5, 0.6) is 0 Å². The highest BCUT2D eigenvalue weighted by molar-refractivity contribution is 5.95. The summed E-state index contributed by atoms with van der Waals surface area (Å²) in [7, 11) is 0. The van der Waals surface area contributed by atoms with E-state index < -0.39 is 23.3 Å². The van der Waals surface area contributed by atoms with Crippen LogP contribution in [0.2, 0.25) is 0 Å². The van der Waals surface area contributed by atoms with Crippen molar-refractivity contribution >= 4 is 17.5 Å². The molecule has 4 rings (SSSR count). The lowest BCUT2D eigenvalue weighted by Crippen LogP contribution is -2.48. The molecule has 10 heteroatoms. The number of nitrogens with one attached hydrogen (secondary N) is 1. The number of rotatable bonds is 7. The number of alkyl halides is 3. The maximum absolute atomic E-state index is 13.5. The Kier molecular flexibility index (Phi) is 7.38. The molecule has 0 atom stereocenters. The lowest BCUT2D eigenvalue weighted by molar-refractivity contribution is -0.141. The topological polar surface area (TPSA) is 70.5 Å². The number of carbonyl (C=O) groups excluding carboxylic acids is 2. The van der Waals surface area contributed by atoms with Crippen molar-refractivity contribution in [3.05, 3.63) is 78.1 Å². The lowest BCUT2D eigenvalue weighted by atomic mass is 10.2. The molecule has 0 aliphatic carbocycles. The van der Waals surface area contributed by atoms with E-state index in [9.17, 15) is 22.8 Å². The molecule has 0 bridgehead atoms. The standard InChI is InChI=1S/C25H26F3N5O2/c26-25(27,28)23-21(18-33(30-23)20-10-5-2-6-11-20)24(35)29-13-7-12-22(34)32-16-14-31(15-17-32)19-8-3-1-4-9-19/h1-6,8-11,18H,7,12-17H2,(H,29,35). The van der Waals surface area contributed by atoms with Crippen molar-refractivity contribution in [1.29, 1.82) is 0 Å². The van der Waals surface area contributed by atoms with E-state index in [0.717, 1.165) is 29.7 Å². The van der Waals surface area contributed by atoms with E-state index in [0.29, 0.717) is 25.2 Å². The summed E-state index contributed by atoms with van der Waals surface area (Å²) < 4.78 is 41.4. The molecule has 0 saturated carbocycles. The van der Waals surface area contributed by atoms with Gasteiger partial charge in [0.15, 0.2) is 5.69 Å². The molecule has 35 heavy (non-hydrogen) atoms. The first kappa shape index (κ1) is 24.3. The van der Waals surface area contributed by atoms with Gasteiger partial charge in [-0.15, -0.1) is 0 Å². The molecule has 1 N–H and O–H groups in total. The largest absolute Gasteiger partial charge is 0.435 e. The van der Waals surface area contributed by atoms with E-state index in [1.165, 1.54) is 0 Å². The third-order valence-corrected chi connectivity index (χ3v) is 5.85. The van der Waals surface area contributed by atoms with Crippen LogP contribution in [0.25, 0.3) is 5.69 Å². The predicted octanol–water partition coefficient (Wildman–Crippen LogP) is 3.75. The van der Waals surface area contributed by atoms with Gasteiger partial charge in [-0.2, -0.15) is 18.3 Å². The molecule has 2 heterocycles. The fourth-order valence-electron chi connectivity index (χ4n) is 4.01. The van der Waals surface area contributed by atoms with Gasteiger partial charge in [-0.1, -0.05) is 36.4 Å². The Balaban J connectivity index is 1.27. The number of amides is 2. The molecule has 3 aromatic rings. The highest BCUT2D eigenvalue weighted by atomic mass is 19.4.